The molecule has 0 saturated carbocycles. The van der Waals surface area contributed by atoms with Crippen LogP contribution in [-0.2, 0) is 16.0 Å². The van der Waals surface area contributed by atoms with E-state index in [1.807, 2.05) is 18.2 Å². The van der Waals surface area contributed by atoms with Gasteiger partial charge in [-0.25, -0.2) is 0 Å². The van der Waals surface area contributed by atoms with Crippen LogP contribution in [0.1, 0.15) is 19.4 Å². The Kier molecular flexibility index (Phi) is 4.73. The minimum Gasteiger partial charge on any atom is -0.497 e. The Morgan fingerprint density at radius 2 is 2.00 bits per heavy atom. The van der Waals surface area contributed by atoms with E-state index >= 15 is 0 Å². The Bertz CT molecular complexity index is 447. The highest BCUT2D eigenvalue weighted by atomic mass is 16.5. The molecule has 0 spiro atoms. The molecule has 4 heteroatoms. The highest BCUT2D eigenvalue weighted by Crippen LogP contribution is 2.24. The van der Waals surface area contributed by atoms with Gasteiger partial charge in [0.1, 0.15) is 5.75 Å². The molecule has 0 aliphatic heterocycles. The van der Waals surface area contributed by atoms with E-state index in [1.165, 1.54) is 0 Å². The van der Waals surface area contributed by atoms with Gasteiger partial charge in [0.15, 0.2) is 5.41 Å². The second kappa shape index (κ2) is 6.06. The molecular weight excluding hydrogens is 230 g/mol. The fraction of sp³-hybridized carbons (Fsp3) is 0.429. The molecule has 1 unspecified atom stereocenters. The van der Waals surface area contributed by atoms with Gasteiger partial charge in [-0.2, -0.15) is 5.26 Å². The first-order valence-electron chi connectivity index (χ1n) is 5.77. The molecule has 1 aromatic rings. The first kappa shape index (κ1) is 14.0. The second-order valence-corrected chi connectivity index (χ2v) is 4.19. The number of nitriles is 1. The summed E-state index contributed by atoms with van der Waals surface area (Å²) in [6.45, 7) is 3.59. The van der Waals surface area contributed by atoms with Crippen LogP contribution in [0.25, 0.3) is 0 Å². The zero-order valence-corrected chi connectivity index (χ0v) is 10.9. The number of carbonyl (C=O) groups is 1. The molecule has 0 aliphatic rings. The molecular formula is C14H17NO3. The van der Waals surface area contributed by atoms with Crippen LogP contribution in [0, 0.1) is 16.7 Å². The van der Waals surface area contributed by atoms with Gasteiger partial charge in [-0.3, -0.25) is 4.79 Å². The van der Waals surface area contributed by atoms with Crippen LogP contribution in [0.3, 0.4) is 0 Å². The van der Waals surface area contributed by atoms with Crippen LogP contribution in [0.2, 0.25) is 0 Å². The van der Waals surface area contributed by atoms with Crippen LogP contribution in [0.5, 0.6) is 5.75 Å². The molecule has 1 atom stereocenters. The highest BCUT2D eigenvalue weighted by molar-refractivity contribution is 5.80. The maximum atomic E-state index is 11.8. The van der Waals surface area contributed by atoms with E-state index in [2.05, 4.69) is 0 Å². The first-order chi connectivity index (χ1) is 8.55. The van der Waals surface area contributed by atoms with Crippen LogP contribution in [0.15, 0.2) is 24.3 Å². The van der Waals surface area contributed by atoms with Gasteiger partial charge < -0.3 is 9.47 Å². The Labute approximate surface area is 107 Å². The van der Waals surface area contributed by atoms with Gasteiger partial charge in [0, 0.05) is 6.42 Å². The standard InChI is InChI=1S/C14H17NO3/c1-4-18-13(16)14(2,10-15)9-11-5-7-12(17-3)8-6-11/h5-8H,4,9H2,1-3H3. The minimum atomic E-state index is -1.15. The minimum absolute atomic E-state index is 0.277. The predicted octanol–water partition coefficient (Wildman–Crippen LogP) is 2.33. The Balaban J connectivity index is 2.85. The normalized spacial score (nSPS) is 13.2. The molecule has 0 amide bonds. The summed E-state index contributed by atoms with van der Waals surface area (Å²) in [7, 11) is 1.59. The maximum Gasteiger partial charge on any atom is 0.326 e. The number of carbonyl (C=O) groups excluding carboxylic acids is 1. The molecule has 0 aromatic heterocycles. The van der Waals surface area contributed by atoms with Crippen LogP contribution in [0.4, 0.5) is 0 Å². The second-order valence-electron chi connectivity index (χ2n) is 4.19. The van der Waals surface area contributed by atoms with E-state index in [0.717, 1.165) is 11.3 Å². The van der Waals surface area contributed by atoms with E-state index in [9.17, 15) is 4.79 Å². The molecule has 0 heterocycles. The third kappa shape index (κ3) is 3.24. The van der Waals surface area contributed by atoms with E-state index < -0.39 is 11.4 Å². The molecule has 0 bridgehead atoms. The SMILES string of the molecule is CCOC(=O)C(C)(C#N)Cc1ccc(OC)cc1. The lowest BCUT2D eigenvalue weighted by Gasteiger charge is -2.19. The van der Waals surface area contributed by atoms with Gasteiger partial charge in [0.2, 0.25) is 0 Å². The number of rotatable bonds is 5. The lowest BCUT2D eigenvalue weighted by atomic mass is 9.85. The van der Waals surface area contributed by atoms with Crippen molar-refractivity contribution in [1.82, 2.24) is 0 Å². The largest absolute Gasteiger partial charge is 0.497 e. The molecule has 18 heavy (non-hydrogen) atoms. The number of hydrogen-bond donors (Lipinski definition) is 0. The topological polar surface area (TPSA) is 59.3 Å². The fourth-order valence-corrected chi connectivity index (χ4v) is 1.60. The summed E-state index contributed by atoms with van der Waals surface area (Å²) in [6.07, 6.45) is 0.326. The molecule has 0 aliphatic carbocycles. The lowest BCUT2D eigenvalue weighted by molar-refractivity contribution is -0.151. The van der Waals surface area contributed by atoms with Gasteiger partial charge in [0.05, 0.1) is 19.8 Å². The van der Waals surface area contributed by atoms with Gasteiger partial charge in [-0.05, 0) is 31.5 Å². The summed E-state index contributed by atoms with van der Waals surface area (Å²) in [5.41, 5.74) is -0.252. The van der Waals surface area contributed by atoms with Crippen molar-refractivity contribution in [2.45, 2.75) is 20.3 Å². The number of esters is 1. The molecule has 1 aromatic carbocycles. The fourth-order valence-electron chi connectivity index (χ4n) is 1.60. The van der Waals surface area contributed by atoms with Crippen molar-refractivity contribution >= 4 is 5.97 Å². The van der Waals surface area contributed by atoms with Gasteiger partial charge >= 0.3 is 5.97 Å². The smallest absolute Gasteiger partial charge is 0.326 e. The zero-order valence-electron chi connectivity index (χ0n) is 10.9. The van der Waals surface area contributed by atoms with E-state index in [1.54, 1.807) is 33.1 Å². The van der Waals surface area contributed by atoms with Crippen LogP contribution in [-0.4, -0.2) is 19.7 Å². The average molecular weight is 247 g/mol. The monoisotopic (exact) mass is 247 g/mol. The van der Waals surface area contributed by atoms with Crippen molar-refractivity contribution < 1.29 is 14.3 Å². The molecule has 0 radical (unpaired) electrons. The third-order valence-electron chi connectivity index (χ3n) is 2.69. The number of ether oxygens (including phenoxy) is 2. The Morgan fingerprint density at radius 1 is 1.39 bits per heavy atom. The van der Waals surface area contributed by atoms with E-state index in [-0.39, 0.29) is 6.61 Å². The van der Waals surface area contributed by atoms with Crippen molar-refractivity contribution in [2.75, 3.05) is 13.7 Å². The summed E-state index contributed by atoms with van der Waals surface area (Å²) in [4.78, 5) is 11.8. The molecule has 1 rings (SSSR count). The molecule has 0 saturated heterocycles. The van der Waals surface area contributed by atoms with Crippen molar-refractivity contribution in [2.24, 2.45) is 5.41 Å². The summed E-state index contributed by atoms with van der Waals surface area (Å²) in [5, 5.41) is 9.17. The van der Waals surface area contributed by atoms with E-state index in [0.29, 0.717) is 6.42 Å². The lowest BCUT2D eigenvalue weighted by Crippen LogP contribution is -2.30. The van der Waals surface area contributed by atoms with Crippen LogP contribution >= 0.6 is 0 Å². The Morgan fingerprint density at radius 3 is 2.44 bits per heavy atom. The average Bonchev–Trinajstić information content (AvgIpc) is 2.39. The third-order valence-corrected chi connectivity index (χ3v) is 2.69. The van der Waals surface area contributed by atoms with Crippen molar-refractivity contribution in [1.29, 1.82) is 5.26 Å². The molecule has 96 valence electrons. The van der Waals surface area contributed by atoms with Crippen molar-refractivity contribution in [3.63, 3.8) is 0 Å². The molecule has 0 N–H and O–H groups in total. The van der Waals surface area contributed by atoms with Gasteiger partial charge in [-0.1, -0.05) is 12.1 Å². The summed E-state index contributed by atoms with van der Waals surface area (Å²) >= 11 is 0. The number of methoxy groups -OCH3 is 1. The molecule has 0 fully saturated rings. The van der Waals surface area contributed by atoms with Crippen molar-refractivity contribution in [3.05, 3.63) is 29.8 Å². The predicted molar refractivity (Wildman–Crippen MR) is 67.1 cm³/mol. The quantitative estimate of drug-likeness (QED) is 0.749. The number of nitrogens with zero attached hydrogens (tertiary/aromatic N) is 1. The van der Waals surface area contributed by atoms with E-state index in [4.69, 9.17) is 14.7 Å². The first-order valence-corrected chi connectivity index (χ1v) is 5.77. The number of benzene rings is 1. The maximum absolute atomic E-state index is 11.8. The summed E-state index contributed by atoms with van der Waals surface area (Å²) in [5.74, 6) is 0.261. The van der Waals surface area contributed by atoms with Gasteiger partial charge in [-0.15, -0.1) is 0 Å². The zero-order chi connectivity index (χ0) is 13.6. The van der Waals surface area contributed by atoms with Gasteiger partial charge in [0.25, 0.3) is 0 Å². The van der Waals surface area contributed by atoms with Crippen molar-refractivity contribution in [3.8, 4) is 11.8 Å². The summed E-state index contributed by atoms with van der Waals surface area (Å²) in [6, 6.07) is 9.32. The number of hydrogen-bond acceptors (Lipinski definition) is 4. The highest BCUT2D eigenvalue weighted by Gasteiger charge is 2.35. The summed E-state index contributed by atoms with van der Waals surface area (Å²) < 4.78 is 9.98. The Hall–Kier alpha value is -2.02. The van der Waals surface area contributed by atoms with Crippen LogP contribution < -0.4 is 4.74 Å². The molecule has 4 nitrogen and oxygen atoms in total.